The minimum absolute atomic E-state index is 0.448. The van der Waals surface area contributed by atoms with E-state index in [1.54, 1.807) is 24.3 Å². The van der Waals surface area contributed by atoms with Crippen LogP contribution < -0.4 is 10.5 Å². The highest BCUT2D eigenvalue weighted by molar-refractivity contribution is 5.64. The fourth-order valence-corrected chi connectivity index (χ4v) is 3.11. The first-order chi connectivity index (χ1) is 10.2. The first kappa shape index (κ1) is 13.8. The minimum Gasteiger partial charge on any atom is -0.434 e. The average Bonchev–Trinajstić information content (AvgIpc) is 3.09. The van der Waals surface area contributed by atoms with Crippen LogP contribution in [0.3, 0.4) is 0 Å². The van der Waals surface area contributed by atoms with Crippen LogP contribution in [-0.4, -0.2) is 12.8 Å². The van der Waals surface area contributed by atoms with Crippen molar-refractivity contribution in [3.8, 4) is 17.6 Å². The van der Waals surface area contributed by atoms with E-state index in [4.69, 9.17) is 15.2 Å². The van der Waals surface area contributed by atoms with Crippen LogP contribution >= 0.6 is 0 Å². The zero-order valence-corrected chi connectivity index (χ0v) is 11.9. The van der Waals surface area contributed by atoms with Gasteiger partial charge in [-0.1, -0.05) is 0 Å². The Morgan fingerprint density at radius 1 is 1.14 bits per heavy atom. The summed E-state index contributed by atoms with van der Waals surface area (Å²) < 4.78 is 10.3. The summed E-state index contributed by atoms with van der Waals surface area (Å²) in [4.78, 5) is 11.7. The van der Waals surface area contributed by atoms with Gasteiger partial charge in [-0.2, -0.15) is 0 Å². The Balaban J connectivity index is 1.43. The Kier molecular flexibility index (Phi) is 4.01. The zero-order chi connectivity index (χ0) is 14.7. The number of anilines is 1. The highest BCUT2D eigenvalue weighted by Gasteiger charge is 2.49. The SMILES string of the molecule is Nc1ccc(OC(=O)OCC2C3CCC#CCCC32)cc1. The Bertz CT molecular complexity index is 552. The van der Waals surface area contributed by atoms with Crippen LogP contribution in [0.1, 0.15) is 25.7 Å². The maximum absolute atomic E-state index is 11.7. The third kappa shape index (κ3) is 3.49. The van der Waals surface area contributed by atoms with E-state index in [-0.39, 0.29) is 0 Å². The molecule has 3 rings (SSSR count). The van der Waals surface area contributed by atoms with Gasteiger partial charge in [0.25, 0.3) is 0 Å². The van der Waals surface area contributed by atoms with Crippen molar-refractivity contribution in [2.45, 2.75) is 25.7 Å². The summed E-state index contributed by atoms with van der Waals surface area (Å²) in [7, 11) is 0. The molecule has 0 heterocycles. The van der Waals surface area contributed by atoms with E-state index in [9.17, 15) is 4.79 Å². The zero-order valence-electron chi connectivity index (χ0n) is 11.9. The number of ether oxygens (including phenoxy) is 2. The van der Waals surface area contributed by atoms with Crippen LogP contribution in [0.25, 0.3) is 0 Å². The summed E-state index contributed by atoms with van der Waals surface area (Å²) in [5.74, 6) is 8.62. The lowest BCUT2D eigenvalue weighted by Crippen LogP contribution is -2.13. The molecule has 2 N–H and O–H groups in total. The maximum Gasteiger partial charge on any atom is 0.513 e. The van der Waals surface area contributed by atoms with Crippen molar-refractivity contribution >= 4 is 11.8 Å². The molecule has 4 nitrogen and oxygen atoms in total. The molecule has 1 aromatic rings. The molecule has 0 amide bonds. The predicted molar refractivity (Wildman–Crippen MR) is 79.5 cm³/mol. The molecule has 4 heteroatoms. The summed E-state index contributed by atoms with van der Waals surface area (Å²) in [6.07, 6.45) is 3.54. The molecule has 0 bridgehead atoms. The third-order valence-electron chi connectivity index (χ3n) is 4.31. The summed E-state index contributed by atoms with van der Waals surface area (Å²) in [6.45, 7) is 0.448. The number of nitrogens with two attached hydrogens (primary N) is 1. The quantitative estimate of drug-likeness (QED) is 0.401. The van der Waals surface area contributed by atoms with Gasteiger partial charge in [0.05, 0.1) is 6.61 Å². The van der Waals surface area contributed by atoms with Gasteiger partial charge in [0.15, 0.2) is 0 Å². The number of fused-ring (bicyclic) bond motifs is 1. The van der Waals surface area contributed by atoms with Gasteiger partial charge < -0.3 is 15.2 Å². The molecule has 110 valence electrons. The van der Waals surface area contributed by atoms with Gasteiger partial charge in [-0.05, 0) is 54.9 Å². The van der Waals surface area contributed by atoms with Crippen LogP contribution in [0.2, 0.25) is 0 Å². The first-order valence-electron chi connectivity index (χ1n) is 7.40. The second-order valence-electron chi connectivity index (χ2n) is 5.65. The summed E-state index contributed by atoms with van der Waals surface area (Å²) in [6, 6.07) is 6.68. The van der Waals surface area contributed by atoms with Crippen LogP contribution in [0.15, 0.2) is 24.3 Å². The Morgan fingerprint density at radius 2 is 1.76 bits per heavy atom. The van der Waals surface area contributed by atoms with Gasteiger partial charge in [-0.15, -0.1) is 11.8 Å². The van der Waals surface area contributed by atoms with Crippen molar-refractivity contribution in [2.24, 2.45) is 17.8 Å². The number of carbonyl (C=O) groups excluding carboxylic acids is 1. The normalized spacial score (nSPS) is 26.4. The second kappa shape index (κ2) is 6.09. The topological polar surface area (TPSA) is 61.5 Å². The van der Waals surface area contributed by atoms with Crippen LogP contribution in [0.4, 0.5) is 10.5 Å². The fourth-order valence-electron chi connectivity index (χ4n) is 3.11. The van der Waals surface area contributed by atoms with Gasteiger partial charge in [-0.25, -0.2) is 4.79 Å². The highest BCUT2D eigenvalue weighted by atomic mass is 16.7. The van der Waals surface area contributed by atoms with Gasteiger partial charge in [-0.3, -0.25) is 0 Å². The maximum atomic E-state index is 11.7. The minimum atomic E-state index is -0.643. The van der Waals surface area contributed by atoms with Crippen LogP contribution in [-0.2, 0) is 4.74 Å². The van der Waals surface area contributed by atoms with Gasteiger partial charge >= 0.3 is 6.16 Å². The van der Waals surface area contributed by atoms with E-state index in [1.807, 2.05) is 0 Å². The Labute approximate surface area is 124 Å². The predicted octanol–water partition coefficient (Wildman–Crippen LogP) is 3.22. The van der Waals surface area contributed by atoms with Crippen LogP contribution in [0, 0.1) is 29.6 Å². The average molecular weight is 285 g/mol. The molecule has 0 aromatic heterocycles. The molecular formula is C17H19NO3. The van der Waals surface area contributed by atoms with Crippen molar-refractivity contribution in [1.29, 1.82) is 0 Å². The molecule has 1 saturated carbocycles. The molecule has 2 atom stereocenters. The van der Waals surface area contributed by atoms with E-state index in [0.717, 1.165) is 25.7 Å². The molecule has 1 fully saturated rings. The van der Waals surface area contributed by atoms with E-state index in [2.05, 4.69) is 11.8 Å². The molecular weight excluding hydrogens is 266 g/mol. The molecule has 2 unspecified atom stereocenters. The van der Waals surface area contributed by atoms with E-state index < -0.39 is 6.16 Å². The summed E-state index contributed by atoms with van der Waals surface area (Å²) in [5, 5.41) is 0. The van der Waals surface area contributed by atoms with Crippen molar-refractivity contribution < 1.29 is 14.3 Å². The lowest BCUT2D eigenvalue weighted by Gasteiger charge is -2.06. The van der Waals surface area contributed by atoms with Crippen molar-refractivity contribution in [3.63, 3.8) is 0 Å². The van der Waals surface area contributed by atoms with Crippen LogP contribution in [0.5, 0.6) is 5.75 Å². The molecule has 2 aliphatic carbocycles. The van der Waals surface area contributed by atoms with E-state index in [1.165, 1.54) is 0 Å². The fraction of sp³-hybridized carbons (Fsp3) is 0.471. The van der Waals surface area contributed by atoms with E-state index >= 15 is 0 Å². The van der Waals surface area contributed by atoms with Crippen molar-refractivity contribution in [2.75, 3.05) is 12.3 Å². The molecule has 0 saturated heterocycles. The molecule has 0 spiro atoms. The summed E-state index contributed by atoms with van der Waals surface area (Å²) >= 11 is 0. The third-order valence-corrected chi connectivity index (χ3v) is 4.31. The standard InChI is InChI=1S/C17H19NO3/c18-12-7-9-13(10-8-12)21-17(19)20-11-16-14-5-3-1-2-4-6-15(14)16/h7-10,14-16H,3-6,11,18H2. The monoisotopic (exact) mass is 285 g/mol. The molecule has 0 radical (unpaired) electrons. The number of rotatable bonds is 3. The lowest BCUT2D eigenvalue weighted by atomic mass is 10.1. The number of carbonyl (C=O) groups is 1. The number of hydrogen-bond acceptors (Lipinski definition) is 4. The number of benzene rings is 1. The van der Waals surface area contributed by atoms with Crippen molar-refractivity contribution in [1.82, 2.24) is 0 Å². The highest BCUT2D eigenvalue weighted by Crippen LogP contribution is 2.52. The number of nitrogen functional groups attached to an aromatic ring is 1. The molecule has 21 heavy (non-hydrogen) atoms. The number of hydrogen-bond donors (Lipinski definition) is 1. The van der Waals surface area contributed by atoms with Gasteiger partial charge in [0, 0.05) is 18.5 Å². The molecule has 1 aromatic carbocycles. The second-order valence-corrected chi connectivity index (χ2v) is 5.65. The Morgan fingerprint density at radius 3 is 2.38 bits per heavy atom. The lowest BCUT2D eigenvalue weighted by molar-refractivity contribution is 0.0921. The largest absolute Gasteiger partial charge is 0.513 e. The molecule has 2 aliphatic rings. The first-order valence-corrected chi connectivity index (χ1v) is 7.40. The smallest absolute Gasteiger partial charge is 0.434 e. The summed E-state index contributed by atoms with van der Waals surface area (Å²) in [5.41, 5.74) is 6.21. The van der Waals surface area contributed by atoms with Gasteiger partial charge in [0.2, 0.25) is 0 Å². The van der Waals surface area contributed by atoms with E-state index in [0.29, 0.717) is 35.8 Å². The molecule has 0 aliphatic heterocycles. The Hall–Kier alpha value is -2.15. The van der Waals surface area contributed by atoms with Gasteiger partial charge in [0.1, 0.15) is 5.75 Å². The van der Waals surface area contributed by atoms with Crippen molar-refractivity contribution in [3.05, 3.63) is 24.3 Å².